The van der Waals surface area contributed by atoms with Crippen molar-refractivity contribution in [1.29, 1.82) is 0 Å². The number of carbonyl (C=O) groups is 1. The Morgan fingerprint density at radius 2 is 1.80 bits per heavy atom. The number of carbonyl (C=O) groups excluding carboxylic acids is 1. The first-order chi connectivity index (χ1) is 12.2. The highest BCUT2D eigenvalue weighted by Crippen LogP contribution is 2.26. The average Bonchev–Trinajstić information content (AvgIpc) is 3.11. The van der Waals surface area contributed by atoms with Crippen LogP contribution in [-0.4, -0.2) is 24.1 Å². The van der Waals surface area contributed by atoms with Crippen LogP contribution in [0.3, 0.4) is 0 Å². The number of nitrogens with one attached hydrogen (secondary N) is 1. The lowest BCUT2D eigenvalue weighted by Crippen LogP contribution is -2.30. The first-order valence-electron chi connectivity index (χ1n) is 7.78. The molecular formula is C19H18N2O3S. The monoisotopic (exact) mass is 354 g/mol. The molecule has 0 aliphatic carbocycles. The number of aromatic nitrogens is 1. The fourth-order valence-electron chi connectivity index (χ4n) is 2.19. The maximum absolute atomic E-state index is 12.3. The van der Waals surface area contributed by atoms with Gasteiger partial charge in [0.1, 0.15) is 11.5 Å². The van der Waals surface area contributed by atoms with E-state index >= 15 is 0 Å². The van der Waals surface area contributed by atoms with E-state index in [2.05, 4.69) is 10.3 Å². The molecule has 0 saturated carbocycles. The summed E-state index contributed by atoms with van der Waals surface area (Å²) in [6.07, 6.45) is -0.615. The standard InChI is InChI=1S/C19H18N2O3S/c1-13(24-16-6-4-3-5-7-16)18(22)21-19-20-17(12-25-19)14-8-10-15(23-2)11-9-14/h3-13H,1-2H3,(H,20,21,22)/t13-/m0/s1. The van der Waals surface area contributed by atoms with Gasteiger partial charge in [-0.15, -0.1) is 11.3 Å². The van der Waals surface area contributed by atoms with E-state index in [9.17, 15) is 4.79 Å². The van der Waals surface area contributed by atoms with Gasteiger partial charge < -0.3 is 9.47 Å². The number of hydrogen-bond acceptors (Lipinski definition) is 5. The molecule has 0 bridgehead atoms. The molecule has 1 heterocycles. The zero-order chi connectivity index (χ0) is 17.6. The number of methoxy groups -OCH3 is 1. The average molecular weight is 354 g/mol. The maximum atomic E-state index is 12.3. The summed E-state index contributed by atoms with van der Waals surface area (Å²) in [7, 11) is 1.63. The van der Waals surface area contributed by atoms with Gasteiger partial charge in [-0.3, -0.25) is 10.1 Å². The third-order valence-electron chi connectivity index (χ3n) is 3.55. The molecule has 6 heteroatoms. The molecule has 0 radical (unpaired) electrons. The van der Waals surface area contributed by atoms with E-state index in [1.165, 1.54) is 11.3 Å². The lowest BCUT2D eigenvalue weighted by molar-refractivity contribution is -0.122. The fourth-order valence-corrected chi connectivity index (χ4v) is 2.91. The topological polar surface area (TPSA) is 60.5 Å². The number of ether oxygens (including phenoxy) is 2. The SMILES string of the molecule is COc1ccc(-c2csc(NC(=O)[C@H](C)Oc3ccccc3)n2)cc1. The smallest absolute Gasteiger partial charge is 0.266 e. The van der Waals surface area contributed by atoms with Crippen LogP contribution in [0.25, 0.3) is 11.3 Å². The molecule has 1 N–H and O–H groups in total. The molecule has 0 aliphatic rings. The summed E-state index contributed by atoms with van der Waals surface area (Å²) in [5.41, 5.74) is 1.77. The highest BCUT2D eigenvalue weighted by Gasteiger charge is 2.16. The van der Waals surface area contributed by atoms with Crippen molar-refractivity contribution in [3.63, 3.8) is 0 Å². The number of rotatable bonds is 6. The summed E-state index contributed by atoms with van der Waals surface area (Å²) >= 11 is 1.38. The maximum Gasteiger partial charge on any atom is 0.266 e. The van der Waals surface area contributed by atoms with Gasteiger partial charge in [0.05, 0.1) is 12.8 Å². The highest BCUT2D eigenvalue weighted by molar-refractivity contribution is 7.14. The largest absolute Gasteiger partial charge is 0.497 e. The lowest BCUT2D eigenvalue weighted by Gasteiger charge is -2.13. The van der Waals surface area contributed by atoms with Gasteiger partial charge in [-0.25, -0.2) is 4.98 Å². The van der Waals surface area contributed by atoms with E-state index in [1.54, 1.807) is 14.0 Å². The van der Waals surface area contributed by atoms with Crippen LogP contribution in [0.15, 0.2) is 60.0 Å². The normalized spacial score (nSPS) is 11.6. The van der Waals surface area contributed by atoms with Crippen LogP contribution in [0.4, 0.5) is 5.13 Å². The molecule has 3 aromatic rings. The molecule has 0 aliphatic heterocycles. The first kappa shape index (κ1) is 17.0. The third-order valence-corrected chi connectivity index (χ3v) is 4.30. The van der Waals surface area contributed by atoms with Crippen LogP contribution in [0.1, 0.15) is 6.92 Å². The van der Waals surface area contributed by atoms with E-state index in [4.69, 9.17) is 9.47 Å². The van der Waals surface area contributed by atoms with Crippen molar-refractivity contribution < 1.29 is 14.3 Å². The van der Waals surface area contributed by atoms with Crippen LogP contribution in [0.5, 0.6) is 11.5 Å². The fraction of sp³-hybridized carbons (Fsp3) is 0.158. The minimum absolute atomic E-state index is 0.237. The van der Waals surface area contributed by atoms with Crippen molar-refractivity contribution in [1.82, 2.24) is 4.98 Å². The molecule has 5 nitrogen and oxygen atoms in total. The van der Waals surface area contributed by atoms with Crippen LogP contribution in [-0.2, 0) is 4.79 Å². The van der Waals surface area contributed by atoms with Gasteiger partial charge in [0.15, 0.2) is 11.2 Å². The molecule has 0 spiro atoms. The van der Waals surface area contributed by atoms with E-state index in [0.29, 0.717) is 10.9 Å². The molecule has 0 unspecified atom stereocenters. The molecule has 0 fully saturated rings. The van der Waals surface area contributed by atoms with Gasteiger partial charge in [-0.1, -0.05) is 18.2 Å². The van der Waals surface area contributed by atoms with E-state index < -0.39 is 6.10 Å². The molecule has 25 heavy (non-hydrogen) atoms. The Labute approximate surface area is 150 Å². The van der Waals surface area contributed by atoms with Crippen LogP contribution in [0, 0.1) is 0 Å². The number of benzene rings is 2. The summed E-state index contributed by atoms with van der Waals surface area (Å²) in [5.74, 6) is 1.21. The molecule has 3 rings (SSSR count). The van der Waals surface area contributed by atoms with Crippen LogP contribution in [0.2, 0.25) is 0 Å². The van der Waals surface area contributed by atoms with Gasteiger partial charge in [0.2, 0.25) is 0 Å². The Hall–Kier alpha value is -2.86. The Bertz CT molecular complexity index is 831. The summed E-state index contributed by atoms with van der Waals surface area (Å²) in [6.45, 7) is 1.71. The Morgan fingerprint density at radius 1 is 1.08 bits per heavy atom. The van der Waals surface area contributed by atoms with Gasteiger partial charge >= 0.3 is 0 Å². The Kier molecular flexibility index (Phi) is 5.30. The van der Waals surface area contributed by atoms with Crippen LogP contribution >= 0.6 is 11.3 Å². The van der Waals surface area contributed by atoms with Gasteiger partial charge in [0, 0.05) is 10.9 Å². The summed E-state index contributed by atoms with van der Waals surface area (Å²) in [5, 5.41) is 5.24. The van der Waals surface area contributed by atoms with Crippen molar-refractivity contribution in [3.8, 4) is 22.8 Å². The second-order valence-electron chi connectivity index (χ2n) is 5.33. The summed E-state index contributed by atoms with van der Waals surface area (Å²) < 4.78 is 10.8. The van der Waals surface area contributed by atoms with Gasteiger partial charge in [0.25, 0.3) is 5.91 Å². The third kappa shape index (κ3) is 4.36. The molecule has 1 atom stereocenters. The van der Waals surface area contributed by atoms with Crippen LogP contribution < -0.4 is 14.8 Å². The second-order valence-corrected chi connectivity index (χ2v) is 6.19. The molecule has 128 valence electrons. The summed E-state index contributed by atoms with van der Waals surface area (Å²) in [4.78, 5) is 16.7. The molecule has 1 aromatic heterocycles. The van der Waals surface area contributed by atoms with E-state index in [0.717, 1.165) is 17.0 Å². The number of amides is 1. The number of nitrogens with zero attached hydrogens (tertiary/aromatic N) is 1. The zero-order valence-electron chi connectivity index (χ0n) is 13.9. The van der Waals surface area contributed by atoms with Crippen molar-refractivity contribution in [2.24, 2.45) is 0 Å². The molecule has 0 saturated heterocycles. The summed E-state index contributed by atoms with van der Waals surface area (Å²) in [6, 6.07) is 16.9. The van der Waals surface area contributed by atoms with Crippen molar-refractivity contribution in [3.05, 3.63) is 60.0 Å². The molecule has 1 amide bonds. The Balaban J connectivity index is 1.63. The minimum atomic E-state index is -0.615. The Morgan fingerprint density at radius 3 is 2.48 bits per heavy atom. The van der Waals surface area contributed by atoms with Crippen molar-refractivity contribution >= 4 is 22.4 Å². The van der Waals surface area contributed by atoms with Crippen molar-refractivity contribution in [2.75, 3.05) is 12.4 Å². The molecule has 2 aromatic carbocycles. The quantitative estimate of drug-likeness (QED) is 0.720. The minimum Gasteiger partial charge on any atom is -0.497 e. The second kappa shape index (κ2) is 7.81. The van der Waals surface area contributed by atoms with E-state index in [-0.39, 0.29) is 5.91 Å². The van der Waals surface area contributed by atoms with E-state index in [1.807, 2.05) is 60.0 Å². The van der Waals surface area contributed by atoms with Crippen molar-refractivity contribution in [2.45, 2.75) is 13.0 Å². The number of para-hydroxylation sites is 1. The molecular weight excluding hydrogens is 336 g/mol. The number of hydrogen-bond donors (Lipinski definition) is 1. The highest BCUT2D eigenvalue weighted by atomic mass is 32.1. The number of thiazole rings is 1. The predicted molar refractivity (Wildman–Crippen MR) is 99.3 cm³/mol. The number of anilines is 1. The van der Waals surface area contributed by atoms with Gasteiger partial charge in [-0.2, -0.15) is 0 Å². The first-order valence-corrected chi connectivity index (χ1v) is 8.66. The predicted octanol–water partition coefficient (Wildman–Crippen LogP) is 4.22. The zero-order valence-corrected chi connectivity index (χ0v) is 14.7. The van der Waals surface area contributed by atoms with Gasteiger partial charge in [-0.05, 0) is 43.3 Å². The lowest BCUT2D eigenvalue weighted by atomic mass is 10.2.